The highest BCUT2D eigenvalue weighted by Gasteiger charge is 2.14. The van der Waals surface area contributed by atoms with Crippen LogP contribution in [-0.2, 0) is 9.53 Å². The summed E-state index contributed by atoms with van der Waals surface area (Å²) in [6.07, 6.45) is 0. The molecule has 0 aromatic carbocycles. The lowest BCUT2D eigenvalue weighted by molar-refractivity contribution is -0.124. The van der Waals surface area contributed by atoms with Crippen LogP contribution in [0.4, 0.5) is 0 Å². The maximum Gasteiger partial charge on any atom is 0.348 e. The van der Waals surface area contributed by atoms with Crippen LogP contribution in [0.1, 0.15) is 23.5 Å². The molecule has 0 aliphatic rings. The molecular formula is C11H13Br2NO3S. The van der Waals surface area contributed by atoms with E-state index in [1.165, 1.54) is 11.3 Å². The van der Waals surface area contributed by atoms with Crippen LogP contribution >= 0.6 is 43.2 Å². The van der Waals surface area contributed by atoms with E-state index in [0.29, 0.717) is 17.3 Å². The van der Waals surface area contributed by atoms with Crippen molar-refractivity contribution in [1.82, 2.24) is 5.32 Å². The Labute approximate surface area is 126 Å². The van der Waals surface area contributed by atoms with Crippen molar-refractivity contribution in [3.8, 4) is 0 Å². The summed E-state index contributed by atoms with van der Waals surface area (Å²) in [6, 6.07) is 1.66. The average molecular weight is 399 g/mol. The van der Waals surface area contributed by atoms with Crippen molar-refractivity contribution in [2.24, 2.45) is 5.92 Å². The number of carbonyl (C=O) groups excluding carboxylic acids is 2. The fourth-order valence-electron chi connectivity index (χ4n) is 1.02. The van der Waals surface area contributed by atoms with E-state index in [-0.39, 0.29) is 12.5 Å². The first-order valence-corrected chi connectivity index (χ1v) is 7.69. The summed E-state index contributed by atoms with van der Waals surface area (Å²) in [5.41, 5.74) is 0. The summed E-state index contributed by atoms with van der Waals surface area (Å²) >= 11 is 7.83. The highest BCUT2D eigenvalue weighted by molar-refractivity contribution is 9.13. The lowest BCUT2D eigenvalue weighted by Gasteiger charge is -2.07. The van der Waals surface area contributed by atoms with Gasteiger partial charge in [0.25, 0.3) is 5.91 Å². The second-order valence-electron chi connectivity index (χ2n) is 4.01. The van der Waals surface area contributed by atoms with Gasteiger partial charge in [0.1, 0.15) is 4.88 Å². The van der Waals surface area contributed by atoms with E-state index in [2.05, 4.69) is 37.2 Å². The summed E-state index contributed by atoms with van der Waals surface area (Å²) < 4.78 is 6.52. The average Bonchev–Trinajstić information content (AvgIpc) is 2.64. The van der Waals surface area contributed by atoms with Gasteiger partial charge in [-0.25, -0.2) is 4.79 Å². The van der Waals surface area contributed by atoms with Crippen LogP contribution in [0.5, 0.6) is 0 Å². The molecule has 0 unspecified atom stereocenters. The van der Waals surface area contributed by atoms with Crippen molar-refractivity contribution in [2.75, 3.05) is 13.2 Å². The van der Waals surface area contributed by atoms with Crippen LogP contribution in [0.15, 0.2) is 14.3 Å². The maximum absolute atomic E-state index is 11.6. The summed E-state index contributed by atoms with van der Waals surface area (Å²) in [6.45, 7) is 4.31. The van der Waals surface area contributed by atoms with Crippen molar-refractivity contribution in [1.29, 1.82) is 0 Å². The topological polar surface area (TPSA) is 55.4 Å². The van der Waals surface area contributed by atoms with E-state index >= 15 is 0 Å². The third kappa shape index (κ3) is 5.07. The number of thiophene rings is 1. The first kappa shape index (κ1) is 15.7. The van der Waals surface area contributed by atoms with Crippen molar-refractivity contribution < 1.29 is 14.3 Å². The minimum atomic E-state index is -0.494. The molecule has 18 heavy (non-hydrogen) atoms. The van der Waals surface area contributed by atoms with Gasteiger partial charge in [0.05, 0.1) is 3.79 Å². The molecule has 4 nitrogen and oxygen atoms in total. The molecule has 100 valence electrons. The molecule has 0 saturated carbocycles. The number of hydrogen-bond acceptors (Lipinski definition) is 4. The number of ether oxygens (including phenoxy) is 1. The molecule has 1 amide bonds. The van der Waals surface area contributed by atoms with Crippen LogP contribution in [0.2, 0.25) is 0 Å². The lowest BCUT2D eigenvalue weighted by atomic mass is 10.2. The van der Waals surface area contributed by atoms with Gasteiger partial charge in [-0.05, 0) is 43.8 Å². The van der Waals surface area contributed by atoms with Crippen molar-refractivity contribution >= 4 is 55.1 Å². The summed E-state index contributed by atoms with van der Waals surface area (Å²) in [4.78, 5) is 23.4. The molecular weight excluding hydrogens is 386 g/mol. The first-order chi connectivity index (χ1) is 8.40. The van der Waals surface area contributed by atoms with Crippen molar-refractivity contribution in [3.63, 3.8) is 0 Å². The van der Waals surface area contributed by atoms with Crippen LogP contribution in [0, 0.1) is 5.92 Å². The molecule has 0 atom stereocenters. The fraction of sp³-hybridized carbons (Fsp3) is 0.455. The van der Waals surface area contributed by atoms with Crippen molar-refractivity contribution in [2.45, 2.75) is 13.8 Å². The van der Waals surface area contributed by atoms with Crippen LogP contribution in [0.3, 0.4) is 0 Å². The molecule has 0 bridgehead atoms. The largest absolute Gasteiger partial charge is 0.451 e. The fourth-order valence-corrected chi connectivity index (χ4v) is 2.95. The number of amides is 1. The monoisotopic (exact) mass is 397 g/mol. The van der Waals surface area contributed by atoms with E-state index in [9.17, 15) is 9.59 Å². The quantitative estimate of drug-likeness (QED) is 0.774. The molecule has 0 radical (unpaired) electrons. The Morgan fingerprint density at radius 2 is 2.11 bits per heavy atom. The number of hydrogen-bond donors (Lipinski definition) is 1. The molecule has 0 aliphatic heterocycles. The molecule has 0 aliphatic carbocycles. The zero-order chi connectivity index (χ0) is 13.7. The second kappa shape index (κ2) is 7.25. The van der Waals surface area contributed by atoms with Gasteiger partial charge in [0, 0.05) is 11.0 Å². The Bertz CT molecular complexity index is 426. The molecule has 1 N–H and O–H groups in total. The van der Waals surface area contributed by atoms with Gasteiger partial charge in [0.2, 0.25) is 0 Å². The number of halogens is 2. The van der Waals surface area contributed by atoms with Crippen molar-refractivity contribution in [3.05, 3.63) is 19.2 Å². The number of rotatable bonds is 5. The third-order valence-electron chi connectivity index (χ3n) is 1.89. The van der Waals surface area contributed by atoms with Crippen LogP contribution in [0.25, 0.3) is 0 Å². The van der Waals surface area contributed by atoms with Gasteiger partial charge in [-0.1, -0.05) is 13.8 Å². The Balaban J connectivity index is 2.39. The van der Waals surface area contributed by atoms with Gasteiger partial charge >= 0.3 is 5.97 Å². The zero-order valence-electron chi connectivity index (χ0n) is 9.96. The molecule has 1 aromatic heterocycles. The predicted octanol–water partition coefficient (Wildman–Crippen LogP) is 3.20. The van der Waals surface area contributed by atoms with Gasteiger partial charge in [-0.15, -0.1) is 11.3 Å². The first-order valence-electron chi connectivity index (χ1n) is 5.28. The molecule has 0 saturated heterocycles. The standard InChI is InChI=1S/C11H13Br2NO3S/c1-6(2)4-14-9(15)5-17-11(16)8-3-7(12)10(13)18-8/h3,6H,4-5H2,1-2H3,(H,14,15). The Morgan fingerprint density at radius 1 is 1.44 bits per heavy atom. The van der Waals surface area contributed by atoms with E-state index < -0.39 is 5.97 Å². The number of carbonyl (C=O) groups is 2. The minimum absolute atomic E-state index is 0.251. The Hall–Kier alpha value is -0.400. The molecule has 0 fully saturated rings. The summed E-state index contributed by atoms with van der Waals surface area (Å²) in [5, 5.41) is 2.67. The highest BCUT2D eigenvalue weighted by atomic mass is 79.9. The SMILES string of the molecule is CC(C)CNC(=O)COC(=O)c1cc(Br)c(Br)s1. The van der Waals surface area contributed by atoms with E-state index in [1.54, 1.807) is 6.07 Å². The van der Waals surface area contributed by atoms with Crippen LogP contribution in [-0.4, -0.2) is 25.0 Å². The van der Waals surface area contributed by atoms with Crippen LogP contribution < -0.4 is 5.32 Å². The third-order valence-corrected chi connectivity index (χ3v) is 5.12. The molecule has 7 heteroatoms. The van der Waals surface area contributed by atoms with E-state index in [0.717, 1.165) is 8.26 Å². The lowest BCUT2D eigenvalue weighted by Crippen LogP contribution is -2.31. The smallest absolute Gasteiger partial charge is 0.348 e. The van der Waals surface area contributed by atoms with Gasteiger partial charge in [-0.3, -0.25) is 4.79 Å². The number of esters is 1. The van der Waals surface area contributed by atoms with Gasteiger partial charge in [0.15, 0.2) is 6.61 Å². The van der Waals surface area contributed by atoms with Gasteiger partial charge < -0.3 is 10.1 Å². The van der Waals surface area contributed by atoms with Gasteiger partial charge in [-0.2, -0.15) is 0 Å². The van der Waals surface area contributed by atoms with E-state index in [4.69, 9.17) is 4.74 Å². The second-order valence-corrected chi connectivity index (χ2v) is 7.23. The molecule has 1 heterocycles. The summed E-state index contributed by atoms with van der Waals surface area (Å²) in [5.74, 6) is -0.410. The normalized spacial score (nSPS) is 10.5. The zero-order valence-corrected chi connectivity index (χ0v) is 13.9. The Kier molecular flexibility index (Phi) is 6.31. The minimum Gasteiger partial charge on any atom is -0.451 e. The molecule has 0 spiro atoms. The Morgan fingerprint density at radius 3 is 2.61 bits per heavy atom. The molecule has 1 rings (SSSR count). The highest BCUT2D eigenvalue weighted by Crippen LogP contribution is 2.32. The van der Waals surface area contributed by atoms with E-state index in [1.807, 2.05) is 13.8 Å². The predicted molar refractivity (Wildman–Crippen MR) is 77.8 cm³/mol. The number of nitrogens with one attached hydrogen (secondary N) is 1. The molecule has 1 aromatic rings. The summed E-state index contributed by atoms with van der Waals surface area (Å²) in [7, 11) is 0. The maximum atomic E-state index is 11.6.